The lowest BCUT2D eigenvalue weighted by atomic mass is 9.86. The summed E-state index contributed by atoms with van der Waals surface area (Å²) in [5.74, 6) is 0.747. The molecule has 1 saturated heterocycles. The minimum atomic E-state index is -4.35. The van der Waals surface area contributed by atoms with E-state index in [0.717, 1.165) is 25.0 Å². The molecule has 3 rings (SSSR count). The summed E-state index contributed by atoms with van der Waals surface area (Å²) in [5.41, 5.74) is -0.168. The summed E-state index contributed by atoms with van der Waals surface area (Å²) in [5, 5.41) is 3.49. The van der Waals surface area contributed by atoms with Gasteiger partial charge in [0, 0.05) is 37.8 Å². The van der Waals surface area contributed by atoms with E-state index in [1.807, 2.05) is 16.7 Å². The highest BCUT2D eigenvalue weighted by Crippen LogP contribution is 2.30. The van der Waals surface area contributed by atoms with Crippen molar-refractivity contribution in [2.45, 2.75) is 57.7 Å². The zero-order valence-corrected chi connectivity index (χ0v) is 17.5. The maximum absolute atomic E-state index is 12.7. The maximum Gasteiger partial charge on any atom is 0.416 e. The van der Waals surface area contributed by atoms with Crippen LogP contribution in [0, 0.1) is 5.92 Å². The number of hydrogen-bond acceptors (Lipinski definition) is 2. The molecule has 1 aromatic rings. The number of halogens is 3. The van der Waals surface area contributed by atoms with Crippen LogP contribution in [0.2, 0.25) is 0 Å². The first-order valence-electron chi connectivity index (χ1n) is 10.3. The first kappa shape index (κ1) is 21.9. The molecule has 0 bridgehead atoms. The van der Waals surface area contributed by atoms with Crippen molar-refractivity contribution in [3.8, 4) is 0 Å². The lowest BCUT2D eigenvalue weighted by Crippen LogP contribution is -2.56. The molecule has 1 heterocycles. The Morgan fingerprint density at radius 1 is 1.14 bits per heavy atom. The molecule has 1 unspecified atom stereocenters. The second-order valence-corrected chi connectivity index (χ2v) is 8.48. The summed E-state index contributed by atoms with van der Waals surface area (Å²) in [7, 11) is 0. The van der Waals surface area contributed by atoms with Gasteiger partial charge in [0.25, 0.3) is 0 Å². The number of alkyl halides is 3. The van der Waals surface area contributed by atoms with Crippen molar-refractivity contribution in [2.75, 3.05) is 25.0 Å². The van der Waals surface area contributed by atoms with Gasteiger partial charge in [-0.3, -0.25) is 4.79 Å². The third-order valence-electron chi connectivity index (χ3n) is 5.89. The van der Waals surface area contributed by atoms with E-state index in [0.29, 0.717) is 42.8 Å². The van der Waals surface area contributed by atoms with Crippen LogP contribution in [0.4, 0.5) is 18.9 Å². The summed E-state index contributed by atoms with van der Waals surface area (Å²) >= 11 is 5.46. The molecule has 2 aliphatic rings. The highest BCUT2D eigenvalue weighted by Gasteiger charge is 2.31. The van der Waals surface area contributed by atoms with Gasteiger partial charge in [0.15, 0.2) is 5.11 Å². The van der Waals surface area contributed by atoms with Gasteiger partial charge < -0.3 is 15.1 Å². The number of thiocarbonyl (C=S) groups is 1. The number of nitrogens with zero attached hydrogens (tertiary/aromatic N) is 2. The minimum Gasteiger partial charge on any atom is -0.343 e. The van der Waals surface area contributed by atoms with E-state index in [1.54, 1.807) is 0 Å². The van der Waals surface area contributed by atoms with E-state index in [4.69, 9.17) is 12.2 Å². The Bertz CT molecular complexity index is 717. The molecular weight excluding hydrogens is 399 g/mol. The summed E-state index contributed by atoms with van der Waals surface area (Å²) in [4.78, 5) is 16.6. The van der Waals surface area contributed by atoms with Gasteiger partial charge in [0.1, 0.15) is 0 Å². The Morgan fingerprint density at radius 2 is 1.79 bits per heavy atom. The third-order valence-corrected chi connectivity index (χ3v) is 6.23. The van der Waals surface area contributed by atoms with Crippen molar-refractivity contribution in [1.29, 1.82) is 0 Å². The summed E-state index contributed by atoms with van der Waals surface area (Å²) in [6, 6.07) is 4.88. The minimum absolute atomic E-state index is 0.0495. The summed E-state index contributed by atoms with van der Waals surface area (Å²) < 4.78 is 38.1. The van der Waals surface area contributed by atoms with E-state index < -0.39 is 11.7 Å². The molecular formula is C21H28F3N3OS. The molecule has 4 nitrogen and oxygen atoms in total. The third kappa shape index (κ3) is 5.84. The highest BCUT2D eigenvalue weighted by molar-refractivity contribution is 7.80. The largest absolute Gasteiger partial charge is 0.416 e. The van der Waals surface area contributed by atoms with Gasteiger partial charge in [-0.15, -0.1) is 0 Å². The van der Waals surface area contributed by atoms with E-state index in [9.17, 15) is 18.0 Å². The number of carbonyl (C=O) groups excluding carboxylic acids is 1. The summed E-state index contributed by atoms with van der Waals surface area (Å²) in [6.45, 7) is 3.86. The van der Waals surface area contributed by atoms with Gasteiger partial charge in [-0.25, -0.2) is 0 Å². The van der Waals surface area contributed by atoms with Crippen LogP contribution in [-0.2, 0) is 11.0 Å². The number of anilines is 1. The first-order chi connectivity index (χ1) is 13.7. The van der Waals surface area contributed by atoms with Crippen molar-refractivity contribution in [3.63, 3.8) is 0 Å². The molecule has 1 aliphatic heterocycles. The van der Waals surface area contributed by atoms with Crippen LogP contribution in [0.5, 0.6) is 0 Å². The fourth-order valence-electron chi connectivity index (χ4n) is 4.19. The predicted octanol–water partition coefficient (Wildman–Crippen LogP) is 4.91. The van der Waals surface area contributed by atoms with Crippen LogP contribution in [-0.4, -0.2) is 46.5 Å². The Kier molecular flexibility index (Phi) is 7.03. The lowest BCUT2D eigenvalue weighted by molar-refractivity contribution is -0.137. The van der Waals surface area contributed by atoms with Gasteiger partial charge in [0.05, 0.1) is 5.56 Å². The number of piperazine rings is 1. The normalized spacial score (nSPS) is 21.2. The number of carbonyl (C=O) groups is 1. The molecule has 29 heavy (non-hydrogen) atoms. The van der Waals surface area contributed by atoms with Gasteiger partial charge >= 0.3 is 6.18 Å². The van der Waals surface area contributed by atoms with Crippen molar-refractivity contribution < 1.29 is 18.0 Å². The van der Waals surface area contributed by atoms with Gasteiger partial charge in [0.2, 0.25) is 5.91 Å². The number of hydrogen-bond donors (Lipinski definition) is 1. The SMILES string of the molecule is CC1CN(C(=O)CC2CCCCC2)CCN1C(=S)Nc1ccc(C(F)(F)F)cc1. The van der Waals surface area contributed by atoms with Crippen LogP contribution in [0.1, 0.15) is 51.0 Å². The number of amides is 1. The van der Waals surface area contributed by atoms with Crippen molar-refractivity contribution >= 4 is 28.9 Å². The fourth-order valence-corrected chi connectivity index (χ4v) is 4.58. The van der Waals surface area contributed by atoms with Crippen LogP contribution in [0.15, 0.2) is 24.3 Å². The van der Waals surface area contributed by atoms with Crippen LogP contribution >= 0.6 is 12.2 Å². The summed E-state index contributed by atoms with van der Waals surface area (Å²) in [6.07, 6.45) is 2.33. The molecule has 0 radical (unpaired) electrons. The molecule has 160 valence electrons. The smallest absolute Gasteiger partial charge is 0.343 e. The van der Waals surface area contributed by atoms with Crippen LogP contribution < -0.4 is 5.32 Å². The Labute approximate surface area is 175 Å². The molecule has 1 saturated carbocycles. The maximum atomic E-state index is 12.7. The fraction of sp³-hybridized carbons (Fsp3) is 0.619. The number of rotatable bonds is 3. The number of nitrogens with one attached hydrogen (secondary N) is 1. The van der Waals surface area contributed by atoms with Gasteiger partial charge in [-0.05, 0) is 62.2 Å². The molecule has 0 spiro atoms. The van der Waals surface area contributed by atoms with E-state index in [-0.39, 0.29) is 11.9 Å². The Hall–Kier alpha value is -1.83. The van der Waals surface area contributed by atoms with Crippen molar-refractivity contribution in [3.05, 3.63) is 29.8 Å². The number of benzene rings is 1. The average Bonchev–Trinajstić information content (AvgIpc) is 2.68. The molecule has 1 aliphatic carbocycles. The van der Waals surface area contributed by atoms with E-state index >= 15 is 0 Å². The van der Waals surface area contributed by atoms with Gasteiger partial charge in [-0.2, -0.15) is 13.2 Å². The second-order valence-electron chi connectivity index (χ2n) is 8.10. The highest BCUT2D eigenvalue weighted by atomic mass is 32.1. The second kappa shape index (κ2) is 9.32. The van der Waals surface area contributed by atoms with Crippen LogP contribution in [0.25, 0.3) is 0 Å². The molecule has 1 N–H and O–H groups in total. The Balaban J connectivity index is 1.51. The lowest BCUT2D eigenvalue weighted by Gasteiger charge is -2.41. The standard InChI is InChI=1S/C21H28F3N3OS/c1-15-14-26(19(28)13-16-5-3-2-4-6-16)11-12-27(15)20(29)25-18-9-7-17(8-10-18)21(22,23)24/h7-10,15-16H,2-6,11-14H2,1H3,(H,25,29). The first-order valence-corrected chi connectivity index (χ1v) is 10.7. The zero-order valence-electron chi connectivity index (χ0n) is 16.7. The molecule has 2 fully saturated rings. The molecule has 8 heteroatoms. The molecule has 0 aromatic heterocycles. The monoisotopic (exact) mass is 427 g/mol. The zero-order chi connectivity index (χ0) is 21.0. The topological polar surface area (TPSA) is 35.6 Å². The predicted molar refractivity (Wildman–Crippen MR) is 112 cm³/mol. The van der Waals surface area contributed by atoms with Crippen LogP contribution in [0.3, 0.4) is 0 Å². The van der Waals surface area contributed by atoms with Gasteiger partial charge in [-0.1, -0.05) is 19.3 Å². The van der Waals surface area contributed by atoms with E-state index in [2.05, 4.69) is 5.32 Å². The average molecular weight is 428 g/mol. The molecule has 1 amide bonds. The Morgan fingerprint density at radius 3 is 2.38 bits per heavy atom. The van der Waals surface area contributed by atoms with E-state index in [1.165, 1.54) is 31.4 Å². The van der Waals surface area contributed by atoms with Crippen molar-refractivity contribution in [1.82, 2.24) is 9.80 Å². The molecule has 1 atom stereocenters. The van der Waals surface area contributed by atoms with Crippen molar-refractivity contribution in [2.24, 2.45) is 5.92 Å². The quantitative estimate of drug-likeness (QED) is 0.696. The molecule has 1 aromatic carbocycles.